The van der Waals surface area contributed by atoms with E-state index >= 15 is 0 Å². The first-order chi connectivity index (χ1) is 23.2. The smallest absolute Gasteiger partial charge is 0.205 e. The van der Waals surface area contributed by atoms with Gasteiger partial charge in [-0.25, -0.2) is 0 Å². The predicted octanol–water partition coefficient (Wildman–Crippen LogP) is 2.59. The summed E-state index contributed by atoms with van der Waals surface area (Å²) in [6.07, 6.45) is 0. The Balaban J connectivity index is 1.93. The van der Waals surface area contributed by atoms with Crippen LogP contribution in [0.2, 0.25) is 0 Å². The molecule has 0 aliphatic rings. The van der Waals surface area contributed by atoms with Gasteiger partial charge >= 0.3 is 0 Å². The standard InChI is InChI=1S/C30H20O20/c31-11-7-2(12(32)25(45)28(48)20(7)40)1(3-8(11)21(41)29(49)26(46)13(3)33)6-16(36)18(38)9(19(39)17(6)37)4-5-10(22(42)24(44)14(4)34)23(43)30(50)27(47)15(5)35/h31-50H. The SMILES string of the molecule is Oc1c(O)c(-c2c3c(O)c(O)c(O)c(O)c3c(O)c3c(O)c(O)c(O)c(O)c23)c(O)c(O)c1-c1c(O)c(O)c(O)c2c(O)c(O)c(O)c(O)c12. The Morgan fingerprint density at radius 2 is 0.300 bits per heavy atom. The van der Waals surface area contributed by atoms with E-state index in [-0.39, 0.29) is 0 Å². The zero-order valence-corrected chi connectivity index (χ0v) is 23.9. The van der Waals surface area contributed by atoms with E-state index in [9.17, 15) is 102 Å². The maximum absolute atomic E-state index is 11.4. The normalized spacial score (nSPS) is 11.6. The van der Waals surface area contributed by atoms with Crippen LogP contribution in [0.5, 0.6) is 115 Å². The second-order valence-electron chi connectivity index (χ2n) is 10.7. The summed E-state index contributed by atoms with van der Waals surface area (Å²) in [5, 5.41) is 206. The highest BCUT2D eigenvalue weighted by Gasteiger charge is 2.38. The number of hydrogen-bond donors (Lipinski definition) is 20. The van der Waals surface area contributed by atoms with Crippen LogP contribution < -0.4 is 0 Å². The lowest BCUT2D eigenvalue weighted by atomic mass is 9.85. The van der Waals surface area contributed by atoms with Crippen LogP contribution in [-0.2, 0) is 0 Å². The number of aromatic hydroxyl groups is 20. The maximum atomic E-state index is 11.4. The molecule has 6 aromatic rings. The first-order valence-corrected chi connectivity index (χ1v) is 13.2. The Morgan fingerprint density at radius 1 is 0.120 bits per heavy atom. The lowest BCUT2D eigenvalue weighted by Gasteiger charge is -2.23. The van der Waals surface area contributed by atoms with E-state index in [1.54, 1.807) is 0 Å². The van der Waals surface area contributed by atoms with Gasteiger partial charge in [0.15, 0.2) is 69.0 Å². The van der Waals surface area contributed by atoms with E-state index < -0.39 is 170 Å². The molecule has 0 atom stereocenters. The molecule has 20 nitrogen and oxygen atoms in total. The van der Waals surface area contributed by atoms with Gasteiger partial charge in [0, 0.05) is 27.3 Å². The van der Waals surface area contributed by atoms with Crippen molar-refractivity contribution in [1.82, 2.24) is 0 Å². The van der Waals surface area contributed by atoms with Gasteiger partial charge in [0.25, 0.3) is 0 Å². The van der Waals surface area contributed by atoms with Gasteiger partial charge in [-0.3, -0.25) is 0 Å². The van der Waals surface area contributed by atoms with Gasteiger partial charge in [-0.15, -0.1) is 0 Å². The molecule has 0 heterocycles. The summed E-state index contributed by atoms with van der Waals surface area (Å²) in [6.45, 7) is 0. The predicted molar refractivity (Wildman–Crippen MR) is 163 cm³/mol. The first kappa shape index (κ1) is 32.1. The van der Waals surface area contributed by atoms with Gasteiger partial charge in [0.1, 0.15) is 5.75 Å². The monoisotopic (exact) mass is 700 g/mol. The number of rotatable bonds is 2. The Morgan fingerprint density at radius 3 is 0.600 bits per heavy atom. The molecule has 0 aromatic heterocycles. The van der Waals surface area contributed by atoms with Crippen molar-refractivity contribution < 1.29 is 102 Å². The molecule has 50 heavy (non-hydrogen) atoms. The molecule has 0 fully saturated rings. The van der Waals surface area contributed by atoms with Crippen molar-refractivity contribution in [3.05, 3.63) is 0 Å². The third-order valence-corrected chi connectivity index (χ3v) is 8.23. The second-order valence-corrected chi connectivity index (χ2v) is 10.7. The van der Waals surface area contributed by atoms with E-state index in [1.165, 1.54) is 0 Å². The van der Waals surface area contributed by atoms with E-state index in [2.05, 4.69) is 0 Å². The Bertz CT molecular complexity index is 2470. The third-order valence-electron chi connectivity index (χ3n) is 8.23. The zero-order chi connectivity index (χ0) is 37.3. The molecule has 260 valence electrons. The van der Waals surface area contributed by atoms with Crippen molar-refractivity contribution in [2.24, 2.45) is 0 Å². The Labute approximate surface area is 271 Å². The van der Waals surface area contributed by atoms with Gasteiger partial charge in [-0.05, 0) is 0 Å². The summed E-state index contributed by atoms with van der Waals surface area (Å²) in [5.74, 6) is -31.0. The van der Waals surface area contributed by atoms with Crippen LogP contribution in [0.3, 0.4) is 0 Å². The topological polar surface area (TPSA) is 405 Å². The molecule has 0 aliphatic carbocycles. The number of phenols is 20. The van der Waals surface area contributed by atoms with Crippen LogP contribution in [0.15, 0.2) is 0 Å². The van der Waals surface area contributed by atoms with Crippen LogP contribution in [0.4, 0.5) is 0 Å². The quantitative estimate of drug-likeness (QED) is 0.0700. The van der Waals surface area contributed by atoms with Gasteiger partial charge in [-0.2, -0.15) is 0 Å². The lowest BCUT2D eigenvalue weighted by Crippen LogP contribution is -1.95. The van der Waals surface area contributed by atoms with Crippen molar-refractivity contribution in [2.45, 2.75) is 0 Å². The number of fused-ring (bicyclic) bond motifs is 3. The highest BCUT2D eigenvalue weighted by molar-refractivity contribution is 6.26. The van der Waals surface area contributed by atoms with Crippen molar-refractivity contribution in [1.29, 1.82) is 0 Å². The van der Waals surface area contributed by atoms with Crippen molar-refractivity contribution >= 4 is 32.3 Å². The molecule has 6 rings (SSSR count). The molecular formula is C30H20O20. The molecule has 0 saturated carbocycles. The van der Waals surface area contributed by atoms with Crippen molar-refractivity contribution in [3.8, 4) is 137 Å². The molecule has 0 bridgehead atoms. The fourth-order valence-corrected chi connectivity index (χ4v) is 5.90. The minimum Gasteiger partial charge on any atom is -0.506 e. The highest BCUT2D eigenvalue weighted by Crippen LogP contribution is 2.67. The molecule has 0 saturated heterocycles. The second kappa shape index (κ2) is 9.80. The van der Waals surface area contributed by atoms with Crippen LogP contribution in [-0.4, -0.2) is 102 Å². The molecule has 6 aromatic carbocycles. The number of phenolic OH excluding ortho intramolecular Hbond substituents is 20. The van der Waals surface area contributed by atoms with Crippen LogP contribution in [0.1, 0.15) is 0 Å². The number of benzene rings is 6. The van der Waals surface area contributed by atoms with Crippen molar-refractivity contribution in [2.75, 3.05) is 0 Å². The zero-order valence-electron chi connectivity index (χ0n) is 23.9. The molecule has 0 aliphatic heterocycles. The summed E-state index contributed by atoms with van der Waals surface area (Å²) in [4.78, 5) is 0. The third kappa shape index (κ3) is 3.51. The van der Waals surface area contributed by atoms with Gasteiger partial charge in [0.2, 0.25) is 40.2 Å². The molecule has 0 radical (unpaired) electrons. The van der Waals surface area contributed by atoms with Crippen molar-refractivity contribution in [3.63, 3.8) is 0 Å². The fourth-order valence-electron chi connectivity index (χ4n) is 5.90. The summed E-state index contributed by atoms with van der Waals surface area (Å²) >= 11 is 0. The minimum absolute atomic E-state index is 1.15. The largest absolute Gasteiger partial charge is 0.506 e. The highest BCUT2D eigenvalue weighted by atomic mass is 16.4. The summed E-state index contributed by atoms with van der Waals surface area (Å²) in [7, 11) is 0. The molecular weight excluding hydrogens is 680 g/mol. The Kier molecular flexibility index (Phi) is 6.29. The van der Waals surface area contributed by atoms with Crippen LogP contribution in [0.25, 0.3) is 54.6 Å². The Hall–Kier alpha value is -7.90. The fraction of sp³-hybridized carbons (Fsp3) is 0. The van der Waals surface area contributed by atoms with E-state index in [0.717, 1.165) is 0 Å². The molecule has 0 unspecified atom stereocenters. The summed E-state index contributed by atoms with van der Waals surface area (Å²) in [6, 6.07) is 0. The molecule has 0 amide bonds. The average Bonchev–Trinajstić information content (AvgIpc) is 3.08. The maximum Gasteiger partial charge on any atom is 0.205 e. The van der Waals surface area contributed by atoms with Crippen LogP contribution >= 0.6 is 0 Å². The average molecular weight is 700 g/mol. The summed E-state index contributed by atoms with van der Waals surface area (Å²) < 4.78 is 0. The lowest BCUT2D eigenvalue weighted by molar-refractivity contribution is 0.346. The minimum atomic E-state index is -1.71. The molecule has 0 spiro atoms. The van der Waals surface area contributed by atoms with Gasteiger partial charge < -0.3 is 102 Å². The van der Waals surface area contributed by atoms with Gasteiger partial charge in [0.05, 0.1) is 27.3 Å². The summed E-state index contributed by atoms with van der Waals surface area (Å²) in [5.41, 5.74) is -5.28. The molecule has 20 N–H and O–H groups in total. The number of hydrogen-bond acceptors (Lipinski definition) is 20. The first-order valence-electron chi connectivity index (χ1n) is 13.2. The molecule has 20 heteroatoms. The van der Waals surface area contributed by atoms with E-state index in [1.807, 2.05) is 0 Å². The van der Waals surface area contributed by atoms with E-state index in [4.69, 9.17) is 0 Å². The van der Waals surface area contributed by atoms with E-state index in [0.29, 0.717) is 0 Å². The van der Waals surface area contributed by atoms with Crippen LogP contribution in [0, 0.1) is 0 Å². The van der Waals surface area contributed by atoms with Gasteiger partial charge in [-0.1, -0.05) is 0 Å².